The van der Waals surface area contributed by atoms with Gasteiger partial charge in [0.2, 0.25) is 5.91 Å². The molecule has 4 rings (SSSR count). The van der Waals surface area contributed by atoms with Crippen molar-refractivity contribution in [2.75, 3.05) is 13.1 Å². The minimum Gasteiger partial charge on any atom is -0.342 e. The van der Waals surface area contributed by atoms with Gasteiger partial charge in [0.1, 0.15) is 11.6 Å². The summed E-state index contributed by atoms with van der Waals surface area (Å²) in [5.74, 6) is 3.95. The molecule has 2 fully saturated rings. The van der Waals surface area contributed by atoms with E-state index in [2.05, 4.69) is 26.6 Å². The first kappa shape index (κ1) is 14.2. The zero-order valence-corrected chi connectivity index (χ0v) is 13.5. The predicted molar refractivity (Wildman–Crippen MR) is 83.4 cm³/mol. The van der Waals surface area contributed by atoms with E-state index < -0.39 is 0 Å². The fourth-order valence-electron chi connectivity index (χ4n) is 4.10. The van der Waals surface area contributed by atoms with Gasteiger partial charge in [-0.3, -0.25) is 4.79 Å². The van der Waals surface area contributed by atoms with Crippen LogP contribution in [0.3, 0.4) is 0 Å². The van der Waals surface area contributed by atoms with E-state index >= 15 is 0 Å². The molecule has 22 heavy (non-hydrogen) atoms. The van der Waals surface area contributed by atoms with Gasteiger partial charge >= 0.3 is 0 Å². The van der Waals surface area contributed by atoms with Gasteiger partial charge in [-0.05, 0) is 38.0 Å². The minimum atomic E-state index is 0.300. The monoisotopic (exact) mass is 302 g/mol. The van der Waals surface area contributed by atoms with Crippen LogP contribution < -0.4 is 0 Å². The highest BCUT2D eigenvalue weighted by molar-refractivity contribution is 5.81. The highest BCUT2D eigenvalue weighted by Crippen LogP contribution is 2.40. The van der Waals surface area contributed by atoms with Crippen LogP contribution in [0.15, 0.2) is 0 Å². The van der Waals surface area contributed by atoms with Crippen LogP contribution in [0.2, 0.25) is 0 Å². The molecule has 120 valence electrons. The molecular weight excluding hydrogens is 276 g/mol. The van der Waals surface area contributed by atoms with Gasteiger partial charge in [0, 0.05) is 37.9 Å². The Bertz CT molecular complexity index is 567. The summed E-state index contributed by atoms with van der Waals surface area (Å²) < 4.78 is 2.35. The standard InChI is InChI=1S/C17H26N4O/c1-12-10-14(12)17(22)20-8-5-6-13(11-20)16-19-18-15-7-3-2-4-9-21(15)16/h12-14H,2-11H2,1H3/t12-,13+,14-/m0/s1. The third kappa shape index (κ3) is 2.55. The first-order valence-electron chi connectivity index (χ1n) is 8.95. The first-order valence-corrected chi connectivity index (χ1v) is 8.95. The topological polar surface area (TPSA) is 51.0 Å². The minimum absolute atomic E-state index is 0.300. The van der Waals surface area contributed by atoms with E-state index in [-0.39, 0.29) is 0 Å². The van der Waals surface area contributed by atoms with E-state index in [1.807, 2.05) is 0 Å². The summed E-state index contributed by atoms with van der Waals surface area (Å²) in [7, 11) is 0. The summed E-state index contributed by atoms with van der Waals surface area (Å²) in [4.78, 5) is 14.6. The van der Waals surface area contributed by atoms with Gasteiger partial charge in [0.15, 0.2) is 0 Å². The number of likely N-dealkylation sites (tertiary alicyclic amines) is 1. The molecule has 3 heterocycles. The molecule has 0 radical (unpaired) electrons. The fourth-order valence-corrected chi connectivity index (χ4v) is 4.10. The Morgan fingerprint density at radius 2 is 2.00 bits per heavy atom. The third-order valence-corrected chi connectivity index (χ3v) is 5.66. The molecule has 3 atom stereocenters. The summed E-state index contributed by atoms with van der Waals surface area (Å²) in [5.41, 5.74) is 0. The number of carbonyl (C=O) groups is 1. The second kappa shape index (κ2) is 5.67. The van der Waals surface area contributed by atoms with E-state index in [1.165, 1.54) is 19.3 Å². The van der Waals surface area contributed by atoms with Crippen molar-refractivity contribution in [3.8, 4) is 0 Å². The number of carbonyl (C=O) groups excluding carboxylic acids is 1. The Hall–Kier alpha value is -1.39. The van der Waals surface area contributed by atoms with Crippen LogP contribution in [-0.4, -0.2) is 38.7 Å². The number of rotatable bonds is 2. The molecular formula is C17H26N4O. The Morgan fingerprint density at radius 3 is 2.82 bits per heavy atom. The van der Waals surface area contributed by atoms with Crippen molar-refractivity contribution in [1.82, 2.24) is 19.7 Å². The number of hydrogen-bond acceptors (Lipinski definition) is 3. The number of nitrogens with zero attached hydrogens (tertiary/aromatic N) is 4. The predicted octanol–water partition coefficient (Wildman–Crippen LogP) is 2.37. The van der Waals surface area contributed by atoms with Crippen LogP contribution in [0.25, 0.3) is 0 Å². The third-order valence-electron chi connectivity index (χ3n) is 5.66. The fraction of sp³-hybridized carbons (Fsp3) is 0.824. The van der Waals surface area contributed by atoms with Crippen molar-refractivity contribution in [2.45, 2.75) is 64.3 Å². The van der Waals surface area contributed by atoms with Gasteiger partial charge in [-0.2, -0.15) is 0 Å². The maximum Gasteiger partial charge on any atom is 0.225 e. The van der Waals surface area contributed by atoms with Crippen LogP contribution in [0.4, 0.5) is 0 Å². The number of aryl methyl sites for hydroxylation is 1. The highest BCUT2D eigenvalue weighted by Gasteiger charge is 2.42. The average Bonchev–Trinajstić information content (AvgIpc) is 3.21. The van der Waals surface area contributed by atoms with Gasteiger partial charge in [-0.1, -0.05) is 13.3 Å². The summed E-state index contributed by atoms with van der Waals surface area (Å²) >= 11 is 0. The lowest BCUT2D eigenvalue weighted by Crippen LogP contribution is -2.40. The van der Waals surface area contributed by atoms with E-state index in [9.17, 15) is 4.79 Å². The molecule has 2 aliphatic heterocycles. The maximum atomic E-state index is 12.5. The largest absolute Gasteiger partial charge is 0.342 e. The molecule has 5 heteroatoms. The zero-order valence-electron chi connectivity index (χ0n) is 13.5. The molecule has 0 unspecified atom stereocenters. The highest BCUT2D eigenvalue weighted by atomic mass is 16.2. The number of fused-ring (bicyclic) bond motifs is 1. The number of piperidine rings is 1. The Labute approximate surface area is 132 Å². The average molecular weight is 302 g/mol. The van der Waals surface area contributed by atoms with Gasteiger partial charge < -0.3 is 9.47 Å². The molecule has 1 aliphatic carbocycles. The number of amides is 1. The molecule has 3 aliphatic rings. The summed E-state index contributed by atoms with van der Waals surface area (Å²) in [5, 5.41) is 8.94. The molecule has 1 amide bonds. The molecule has 1 aromatic rings. The maximum absolute atomic E-state index is 12.5. The van der Waals surface area contributed by atoms with Crippen LogP contribution >= 0.6 is 0 Å². The second-order valence-electron chi connectivity index (χ2n) is 7.38. The normalized spacial score (nSPS) is 31.5. The molecule has 1 saturated carbocycles. The number of aromatic nitrogens is 3. The van der Waals surface area contributed by atoms with Crippen molar-refractivity contribution in [1.29, 1.82) is 0 Å². The van der Waals surface area contributed by atoms with E-state index in [0.717, 1.165) is 57.0 Å². The second-order valence-corrected chi connectivity index (χ2v) is 7.38. The van der Waals surface area contributed by atoms with Crippen molar-refractivity contribution in [3.05, 3.63) is 11.6 Å². The number of hydrogen-bond donors (Lipinski definition) is 0. The van der Waals surface area contributed by atoms with E-state index in [0.29, 0.717) is 23.7 Å². The molecule has 5 nitrogen and oxygen atoms in total. The van der Waals surface area contributed by atoms with E-state index in [1.54, 1.807) is 0 Å². The van der Waals surface area contributed by atoms with Gasteiger partial charge in [-0.15, -0.1) is 10.2 Å². The molecule has 0 spiro atoms. The smallest absolute Gasteiger partial charge is 0.225 e. The van der Waals surface area contributed by atoms with Crippen LogP contribution in [-0.2, 0) is 17.8 Å². The van der Waals surface area contributed by atoms with Crippen molar-refractivity contribution >= 4 is 5.91 Å². The lowest BCUT2D eigenvalue weighted by Gasteiger charge is -2.32. The molecule has 0 N–H and O–H groups in total. The van der Waals surface area contributed by atoms with Crippen LogP contribution in [0.5, 0.6) is 0 Å². The SMILES string of the molecule is C[C@H]1C[C@@H]1C(=O)N1CCC[C@@H](c2nnc3n2CCCCC3)C1. The lowest BCUT2D eigenvalue weighted by atomic mass is 9.96. The lowest BCUT2D eigenvalue weighted by molar-refractivity contribution is -0.134. The van der Waals surface area contributed by atoms with Crippen LogP contribution in [0, 0.1) is 11.8 Å². The first-order chi connectivity index (χ1) is 10.7. The molecule has 0 aromatic carbocycles. The van der Waals surface area contributed by atoms with Crippen molar-refractivity contribution in [2.24, 2.45) is 11.8 Å². The van der Waals surface area contributed by atoms with Gasteiger partial charge in [0.25, 0.3) is 0 Å². The quantitative estimate of drug-likeness (QED) is 0.843. The summed E-state index contributed by atoms with van der Waals surface area (Å²) in [6.45, 7) is 5.02. The van der Waals surface area contributed by atoms with Crippen molar-refractivity contribution in [3.63, 3.8) is 0 Å². The van der Waals surface area contributed by atoms with Gasteiger partial charge in [-0.25, -0.2) is 0 Å². The van der Waals surface area contributed by atoms with Gasteiger partial charge in [0.05, 0.1) is 0 Å². The molecule has 0 bridgehead atoms. The van der Waals surface area contributed by atoms with E-state index in [4.69, 9.17) is 0 Å². The Kier molecular flexibility index (Phi) is 3.66. The Morgan fingerprint density at radius 1 is 1.14 bits per heavy atom. The summed E-state index contributed by atoms with van der Waals surface area (Å²) in [6, 6.07) is 0. The summed E-state index contributed by atoms with van der Waals surface area (Å²) in [6.07, 6.45) is 8.13. The molecule has 1 saturated heterocycles. The van der Waals surface area contributed by atoms with Crippen LogP contribution in [0.1, 0.15) is 63.0 Å². The Balaban J connectivity index is 1.50. The van der Waals surface area contributed by atoms with Crippen molar-refractivity contribution < 1.29 is 4.79 Å². The molecule has 1 aromatic heterocycles. The zero-order chi connectivity index (χ0) is 15.1.